The third-order valence-electron chi connectivity index (χ3n) is 5.21. The lowest BCUT2D eigenvalue weighted by molar-refractivity contribution is -0.149. The Kier molecular flexibility index (Phi) is 7.01. The van der Waals surface area contributed by atoms with Crippen molar-refractivity contribution in [2.75, 3.05) is 13.7 Å². The van der Waals surface area contributed by atoms with Gasteiger partial charge in [0.05, 0.1) is 7.11 Å². The molecule has 0 bridgehead atoms. The summed E-state index contributed by atoms with van der Waals surface area (Å²) in [5.74, 6) is 0.771. The molecule has 2 aliphatic carbocycles. The molecule has 0 spiro atoms. The van der Waals surface area contributed by atoms with Gasteiger partial charge in [-0.25, -0.2) is 0 Å². The van der Waals surface area contributed by atoms with E-state index in [1.807, 2.05) is 0 Å². The van der Waals surface area contributed by atoms with Crippen LogP contribution in [0.1, 0.15) is 83.5 Å². The van der Waals surface area contributed by atoms with E-state index in [-0.39, 0.29) is 5.97 Å². The minimum Gasteiger partial charge on any atom is -0.468 e. The SMILES string of the molecule is COC(=O)C1(NCC2CC2)CCCCCCCCCCC1. The summed E-state index contributed by atoms with van der Waals surface area (Å²) in [6.45, 7) is 0.995. The average molecular weight is 295 g/mol. The van der Waals surface area contributed by atoms with Gasteiger partial charge in [0.2, 0.25) is 0 Å². The first-order valence-electron chi connectivity index (χ1n) is 9.10. The smallest absolute Gasteiger partial charge is 0.326 e. The summed E-state index contributed by atoms with van der Waals surface area (Å²) in [4.78, 5) is 12.5. The van der Waals surface area contributed by atoms with Gasteiger partial charge in [-0.05, 0) is 38.1 Å². The predicted octanol–water partition coefficient (Wildman–Crippen LogP) is 4.20. The molecular formula is C18H33NO2. The highest BCUT2D eigenvalue weighted by Crippen LogP contribution is 2.31. The molecule has 0 amide bonds. The van der Waals surface area contributed by atoms with Crippen molar-refractivity contribution in [1.29, 1.82) is 0 Å². The second-order valence-corrected chi connectivity index (χ2v) is 7.08. The van der Waals surface area contributed by atoms with Crippen LogP contribution in [0.15, 0.2) is 0 Å². The topological polar surface area (TPSA) is 38.3 Å². The summed E-state index contributed by atoms with van der Waals surface area (Å²) in [5, 5.41) is 3.63. The molecule has 0 aromatic heterocycles. The van der Waals surface area contributed by atoms with Crippen molar-refractivity contribution in [2.45, 2.75) is 89.0 Å². The molecule has 2 fully saturated rings. The Morgan fingerprint density at radius 2 is 1.43 bits per heavy atom. The summed E-state index contributed by atoms with van der Waals surface area (Å²) in [5.41, 5.74) is -0.406. The Morgan fingerprint density at radius 1 is 0.952 bits per heavy atom. The second kappa shape index (κ2) is 8.77. The van der Waals surface area contributed by atoms with Crippen molar-refractivity contribution in [1.82, 2.24) is 5.32 Å². The Bertz CT molecular complexity index is 300. The minimum absolute atomic E-state index is 0.0276. The fourth-order valence-corrected chi connectivity index (χ4v) is 3.53. The second-order valence-electron chi connectivity index (χ2n) is 7.08. The van der Waals surface area contributed by atoms with E-state index in [0.717, 1.165) is 38.1 Å². The van der Waals surface area contributed by atoms with E-state index in [4.69, 9.17) is 4.74 Å². The van der Waals surface area contributed by atoms with Crippen LogP contribution in [0.3, 0.4) is 0 Å². The molecule has 21 heavy (non-hydrogen) atoms. The summed E-state index contributed by atoms with van der Waals surface area (Å²) in [6.07, 6.45) is 16.1. The Labute approximate surface area is 130 Å². The average Bonchev–Trinajstić information content (AvgIpc) is 3.30. The van der Waals surface area contributed by atoms with Gasteiger partial charge in [0, 0.05) is 0 Å². The highest BCUT2D eigenvalue weighted by molar-refractivity contribution is 5.80. The number of hydrogen-bond acceptors (Lipinski definition) is 3. The van der Waals surface area contributed by atoms with E-state index < -0.39 is 5.54 Å². The number of hydrogen-bond donors (Lipinski definition) is 1. The van der Waals surface area contributed by atoms with Gasteiger partial charge in [-0.1, -0.05) is 57.8 Å². The number of methoxy groups -OCH3 is 1. The molecule has 2 rings (SSSR count). The standard InChI is InChI=1S/C18H33NO2/c1-21-17(20)18(19-15-16-11-12-16)13-9-7-5-3-2-4-6-8-10-14-18/h16,19H,2-15H2,1H3. The summed E-state index contributed by atoms with van der Waals surface area (Å²) >= 11 is 0. The molecule has 0 aliphatic heterocycles. The number of rotatable bonds is 4. The summed E-state index contributed by atoms with van der Waals surface area (Å²) < 4.78 is 5.17. The monoisotopic (exact) mass is 295 g/mol. The van der Waals surface area contributed by atoms with Crippen LogP contribution in [0.4, 0.5) is 0 Å². The highest BCUT2D eigenvalue weighted by Gasteiger charge is 2.39. The van der Waals surface area contributed by atoms with Gasteiger partial charge in [0.15, 0.2) is 0 Å². The first kappa shape index (κ1) is 16.8. The third-order valence-corrected chi connectivity index (χ3v) is 5.21. The lowest BCUT2D eigenvalue weighted by Gasteiger charge is -2.33. The first-order valence-corrected chi connectivity index (χ1v) is 9.10. The molecular weight excluding hydrogens is 262 g/mol. The van der Waals surface area contributed by atoms with Gasteiger partial charge in [0.25, 0.3) is 0 Å². The molecule has 0 radical (unpaired) electrons. The number of carbonyl (C=O) groups is 1. The van der Waals surface area contributed by atoms with Gasteiger partial charge in [-0.15, -0.1) is 0 Å². The van der Waals surface area contributed by atoms with Crippen molar-refractivity contribution in [2.24, 2.45) is 5.92 Å². The predicted molar refractivity (Wildman–Crippen MR) is 86.3 cm³/mol. The van der Waals surface area contributed by atoms with E-state index in [0.29, 0.717) is 0 Å². The van der Waals surface area contributed by atoms with E-state index in [1.165, 1.54) is 57.8 Å². The number of ether oxygens (including phenoxy) is 1. The van der Waals surface area contributed by atoms with E-state index in [1.54, 1.807) is 7.11 Å². The third kappa shape index (κ3) is 5.61. The molecule has 0 atom stereocenters. The van der Waals surface area contributed by atoms with Crippen LogP contribution in [-0.2, 0) is 9.53 Å². The van der Waals surface area contributed by atoms with Crippen LogP contribution >= 0.6 is 0 Å². The largest absolute Gasteiger partial charge is 0.468 e. The van der Waals surface area contributed by atoms with Crippen molar-refractivity contribution in [3.8, 4) is 0 Å². The summed E-state index contributed by atoms with van der Waals surface area (Å²) in [7, 11) is 1.54. The molecule has 0 aromatic carbocycles. The lowest BCUT2D eigenvalue weighted by atomic mass is 9.85. The van der Waals surface area contributed by atoms with Crippen LogP contribution in [0.25, 0.3) is 0 Å². The Hall–Kier alpha value is -0.570. The molecule has 1 N–H and O–H groups in total. The van der Waals surface area contributed by atoms with Gasteiger partial charge < -0.3 is 10.1 Å². The van der Waals surface area contributed by atoms with Crippen molar-refractivity contribution < 1.29 is 9.53 Å². The molecule has 3 nitrogen and oxygen atoms in total. The minimum atomic E-state index is -0.406. The summed E-state index contributed by atoms with van der Waals surface area (Å²) in [6, 6.07) is 0. The van der Waals surface area contributed by atoms with E-state index in [2.05, 4.69) is 5.32 Å². The van der Waals surface area contributed by atoms with Crippen LogP contribution in [0.2, 0.25) is 0 Å². The fourth-order valence-electron chi connectivity index (χ4n) is 3.53. The van der Waals surface area contributed by atoms with Gasteiger partial charge >= 0.3 is 5.97 Å². The first-order chi connectivity index (χ1) is 10.3. The molecule has 0 saturated heterocycles. The molecule has 0 heterocycles. The molecule has 2 aliphatic rings. The molecule has 3 heteroatoms. The highest BCUT2D eigenvalue weighted by atomic mass is 16.5. The normalized spacial score (nSPS) is 24.6. The maximum Gasteiger partial charge on any atom is 0.326 e. The van der Waals surface area contributed by atoms with E-state index in [9.17, 15) is 4.79 Å². The van der Waals surface area contributed by atoms with Crippen molar-refractivity contribution in [3.63, 3.8) is 0 Å². The molecule has 0 aromatic rings. The molecule has 2 saturated carbocycles. The van der Waals surface area contributed by atoms with Crippen LogP contribution in [0.5, 0.6) is 0 Å². The Morgan fingerprint density at radius 3 is 1.86 bits per heavy atom. The van der Waals surface area contributed by atoms with Gasteiger partial charge in [-0.3, -0.25) is 4.79 Å². The van der Waals surface area contributed by atoms with Gasteiger partial charge in [-0.2, -0.15) is 0 Å². The quantitative estimate of drug-likeness (QED) is 0.790. The fraction of sp³-hybridized carbons (Fsp3) is 0.944. The Balaban J connectivity index is 1.96. The molecule has 0 unspecified atom stereocenters. The number of esters is 1. The zero-order valence-electron chi connectivity index (χ0n) is 13.8. The van der Waals surface area contributed by atoms with Gasteiger partial charge in [0.1, 0.15) is 5.54 Å². The van der Waals surface area contributed by atoms with E-state index >= 15 is 0 Å². The van der Waals surface area contributed by atoms with Crippen LogP contribution < -0.4 is 5.32 Å². The van der Waals surface area contributed by atoms with Crippen molar-refractivity contribution in [3.05, 3.63) is 0 Å². The van der Waals surface area contributed by atoms with Crippen LogP contribution in [-0.4, -0.2) is 25.2 Å². The maximum absolute atomic E-state index is 12.5. The zero-order chi connectivity index (χ0) is 15.0. The van der Waals surface area contributed by atoms with Crippen molar-refractivity contribution >= 4 is 5.97 Å². The van der Waals surface area contributed by atoms with Crippen LogP contribution in [0, 0.1) is 5.92 Å². The lowest BCUT2D eigenvalue weighted by Crippen LogP contribution is -2.53. The zero-order valence-corrected chi connectivity index (χ0v) is 13.8. The maximum atomic E-state index is 12.5. The number of carbonyl (C=O) groups excluding carboxylic acids is 1. The number of nitrogens with one attached hydrogen (secondary N) is 1. The molecule has 122 valence electrons.